The molecule has 1 heterocycles. The average molecular weight is 130 g/mol. The molecule has 0 aliphatic carbocycles. The topological polar surface area (TPSA) is 49.7 Å². The van der Waals surface area contributed by atoms with E-state index in [0.717, 1.165) is 0 Å². The van der Waals surface area contributed by atoms with Gasteiger partial charge in [0.15, 0.2) is 0 Å². The Balaban J connectivity index is 2.58. The standard InChI is InChI=1S/C6H10O3/c1-4-6(8)5(7)2-3-9-4/h2-8H,1H3/t4-,5-,6-/m1/s1. The molecule has 3 nitrogen and oxygen atoms in total. The van der Waals surface area contributed by atoms with Crippen molar-refractivity contribution in [2.75, 3.05) is 0 Å². The molecule has 0 aromatic carbocycles. The van der Waals surface area contributed by atoms with Gasteiger partial charge in [0, 0.05) is 0 Å². The van der Waals surface area contributed by atoms with Gasteiger partial charge in [-0.15, -0.1) is 0 Å². The predicted molar refractivity (Wildman–Crippen MR) is 31.7 cm³/mol. The molecular formula is C6H10O3. The zero-order valence-electron chi connectivity index (χ0n) is 5.19. The highest BCUT2D eigenvalue weighted by Crippen LogP contribution is 2.10. The summed E-state index contributed by atoms with van der Waals surface area (Å²) < 4.78 is 4.87. The summed E-state index contributed by atoms with van der Waals surface area (Å²) in [5.41, 5.74) is 0. The Bertz CT molecular complexity index is 121. The smallest absolute Gasteiger partial charge is 0.124 e. The van der Waals surface area contributed by atoms with Gasteiger partial charge in [-0.2, -0.15) is 0 Å². The number of ether oxygens (including phenoxy) is 1. The van der Waals surface area contributed by atoms with Crippen LogP contribution in [-0.4, -0.2) is 28.5 Å². The summed E-state index contributed by atoms with van der Waals surface area (Å²) in [5, 5.41) is 18.0. The average Bonchev–Trinajstić information content (AvgIpc) is 1.83. The van der Waals surface area contributed by atoms with Gasteiger partial charge in [-0.05, 0) is 13.0 Å². The number of aliphatic hydroxyl groups excluding tert-OH is 2. The fourth-order valence-electron chi connectivity index (χ4n) is 0.722. The Labute approximate surface area is 53.6 Å². The van der Waals surface area contributed by atoms with E-state index in [0.29, 0.717) is 0 Å². The molecule has 52 valence electrons. The van der Waals surface area contributed by atoms with E-state index in [1.807, 2.05) is 0 Å². The Kier molecular flexibility index (Phi) is 1.73. The Morgan fingerprint density at radius 3 is 2.56 bits per heavy atom. The fourth-order valence-corrected chi connectivity index (χ4v) is 0.722. The lowest BCUT2D eigenvalue weighted by Crippen LogP contribution is -2.37. The lowest BCUT2D eigenvalue weighted by molar-refractivity contribution is -0.0543. The first-order chi connectivity index (χ1) is 4.22. The molecule has 2 N–H and O–H groups in total. The lowest BCUT2D eigenvalue weighted by atomic mass is 10.1. The van der Waals surface area contributed by atoms with Crippen LogP contribution in [0.1, 0.15) is 6.92 Å². The molecule has 0 fully saturated rings. The molecule has 1 aliphatic heterocycles. The van der Waals surface area contributed by atoms with Crippen LogP contribution in [0.5, 0.6) is 0 Å². The molecule has 3 heteroatoms. The molecule has 1 rings (SSSR count). The molecule has 0 bridgehead atoms. The van der Waals surface area contributed by atoms with Crippen molar-refractivity contribution in [2.24, 2.45) is 0 Å². The predicted octanol–water partition coefficient (Wildman–Crippen LogP) is -0.359. The van der Waals surface area contributed by atoms with Gasteiger partial charge < -0.3 is 14.9 Å². The molecule has 0 saturated carbocycles. The van der Waals surface area contributed by atoms with Crippen LogP contribution in [-0.2, 0) is 4.74 Å². The highest BCUT2D eigenvalue weighted by Gasteiger charge is 2.24. The van der Waals surface area contributed by atoms with Crippen LogP contribution in [0.4, 0.5) is 0 Å². The summed E-state index contributed by atoms with van der Waals surface area (Å²) in [5.74, 6) is 0. The third kappa shape index (κ3) is 1.23. The van der Waals surface area contributed by atoms with E-state index >= 15 is 0 Å². The van der Waals surface area contributed by atoms with Gasteiger partial charge in [-0.1, -0.05) is 0 Å². The van der Waals surface area contributed by atoms with Gasteiger partial charge in [-0.25, -0.2) is 0 Å². The van der Waals surface area contributed by atoms with Crippen molar-refractivity contribution in [1.82, 2.24) is 0 Å². The van der Waals surface area contributed by atoms with E-state index in [2.05, 4.69) is 0 Å². The second kappa shape index (κ2) is 2.37. The number of aliphatic hydroxyl groups is 2. The SMILES string of the molecule is C[C@H]1OC=C[C@@H](O)[C@@H]1O. The maximum Gasteiger partial charge on any atom is 0.124 e. The van der Waals surface area contributed by atoms with Crippen molar-refractivity contribution in [3.05, 3.63) is 12.3 Å². The first-order valence-electron chi connectivity index (χ1n) is 2.90. The Hall–Kier alpha value is -0.540. The zero-order valence-corrected chi connectivity index (χ0v) is 5.19. The van der Waals surface area contributed by atoms with Crippen LogP contribution in [0.2, 0.25) is 0 Å². The van der Waals surface area contributed by atoms with Crippen molar-refractivity contribution in [3.63, 3.8) is 0 Å². The summed E-state index contributed by atoms with van der Waals surface area (Å²) in [7, 11) is 0. The second-order valence-corrected chi connectivity index (χ2v) is 2.15. The zero-order chi connectivity index (χ0) is 6.85. The van der Waals surface area contributed by atoms with E-state index in [1.54, 1.807) is 6.92 Å². The highest BCUT2D eigenvalue weighted by molar-refractivity contribution is 4.95. The third-order valence-electron chi connectivity index (χ3n) is 1.40. The van der Waals surface area contributed by atoms with Crippen LogP contribution in [0.3, 0.4) is 0 Å². The first-order valence-corrected chi connectivity index (χ1v) is 2.90. The summed E-state index contributed by atoms with van der Waals surface area (Å²) in [6.45, 7) is 1.71. The normalized spacial score (nSPS) is 42.3. The van der Waals surface area contributed by atoms with Gasteiger partial charge in [-0.3, -0.25) is 0 Å². The van der Waals surface area contributed by atoms with Crippen LogP contribution >= 0.6 is 0 Å². The van der Waals surface area contributed by atoms with Crippen molar-refractivity contribution in [3.8, 4) is 0 Å². The minimum Gasteiger partial charge on any atom is -0.496 e. The van der Waals surface area contributed by atoms with E-state index in [4.69, 9.17) is 14.9 Å². The van der Waals surface area contributed by atoms with Gasteiger partial charge in [0.2, 0.25) is 0 Å². The Morgan fingerprint density at radius 1 is 1.44 bits per heavy atom. The number of rotatable bonds is 0. The molecule has 0 radical (unpaired) electrons. The number of hydrogen-bond acceptors (Lipinski definition) is 3. The quantitative estimate of drug-likeness (QED) is 0.471. The molecule has 0 unspecified atom stereocenters. The van der Waals surface area contributed by atoms with Crippen LogP contribution < -0.4 is 0 Å². The molecule has 3 atom stereocenters. The first kappa shape index (κ1) is 6.58. The number of hydrogen-bond donors (Lipinski definition) is 2. The van der Waals surface area contributed by atoms with Crippen LogP contribution in [0.25, 0.3) is 0 Å². The third-order valence-corrected chi connectivity index (χ3v) is 1.40. The van der Waals surface area contributed by atoms with Gasteiger partial charge in [0.1, 0.15) is 18.3 Å². The minimum atomic E-state index is -0.782. The molecular weight excluding hydrogens is 120 g/mol. The molecule has 0 aromatic heterocycles. The molecule has 0 amide bonds. The van der Waals surface area contributed by atoms with Gasteiger partial charge >= 0.3 is 0 Å². The van der Waals surface area contributed by atoms with Gasteiger partial charge in [0.05, 0.1) is 6.26 Å². The largest absolute Gasteiger partial charge is 0.496 e. The molecule has 1 aliphatic rings. The van der Waals surface area contributed by atoms with E-state index in [-0.39, 0.29) is 6.10 Å². The van der Waals surface area contributed by atoms with E-state index in [1.165, 1.54) is 12.3 Å². The van der Waals surface area contributed by atoms with Crippen molar-refractivity contribution >= 4 is 0 Å². The van der Waals surface area contributed by atoms with Crippen molar-refractivity contribution in [1.29, 1.82) is 0 Å². The second-order valence-electron chi connectivity index (χ2n) is 2.15. The molecule has 0 aromatic rings. The summed E-state index contributed by atoms with van der Waals surface area (Å²) >= 11 is 0. The summed E-state index contributed by atoms with van der Waals surface area (Å²) in [4.78, 5) is 0. The monoisotopic (exact) mass is 130 g/mol. The summed E-state index contributed by atoms with van der Waals surface area (Å²) in [6, 6.07) is 0. The van der Waals surface area contributed by atoms with Crippen molar-refractivity contribution < 1.29 is 14.9 Å². The molecule has 0 saturated heterocycles. The fraction of sp³-hybridized carbons (Fsp3) is 0.667. The van der Waals surface area contributed by atoms with Crippen LogP contribution in [0, 0.1) is 0 Å². The van der Waals surface area contributed by atoms with Gasteiger partial charge in [0.25, 0.3) is 0 Å². The highest BCUT2D eigenvalue weighted by atomic mass is 16.5. The minimum absolute atomic E-state index is 0.301. The molecule has 9 heavy (non-hydrogen) atoms. The summed E-state index contributed by atoms with van der Waals surface area (Å²) in [6.07, 6.45) is 0.973. The maximum absolute atomic E-state index is 9.02. The Morgan fingerprint density at radius 2 is 2.11 bits per heavy atom. The van der Waals surface area contributed by atoms with Crippen LogP contribution in [0.15, 0.2) is 12.3 Å². The van der Waals surface area contributed by atoms with E-state index < -0.39 is 12.2 Å². The van der Waals surface area contributed by atoms with Crippen molar-refractivity contribution in [2.45, 2.75) is 25.2 Å². The molecule has 0 spiro atoms. The van der Waals surface area contributed by atoms with E-state index in [9.17, 15) is 0 Å². The lowest BCUT2D eigenvalue weighted by Gasteiger charge is -2.24. The maximum atomic E-state index is 9.02.